The van der Waals surface area contributed by atoms with Gasteiger partial charge in [0.15, 0.2) is 0 Å². The smallest absolute Gasteiger partial charge is 0.269 e. The number of non-ortho nitro benzene ring substituents is 1. The van der Waals surface area contributed by atoms with E-state index in [1.54, 1.807) is 26.4 Å². The van der Waals surface area contributed by atoms with E-state index in [-0.39, 0.29) is 11.7 Å². The predicted octanol–water partition coefficient (Wildman–Crippen LogP) is 1.19. The topological polar surface area (TPSA) is 90.9 Å². The summed E-state index contributed by atoms with van der Waals surface area (Å²) in [4.78, 5) is 12.6. The van der Waals surface area contributed by atoms with E-state index in [4.69, 9.17) is 15.2 Å². The van der Waals surface area contributed by atoms with Gasteiger partial charge < -0.3 is 15.2 Å². The van der Waals surface area contributed by atoms with Crippen molar-refractivity contribution in [1.82, 2.24) is 4.90 Å². The first-order chi connectivity index (χ1) is 10.1. The maximum atomic E-state index is 10.9. The Labute approximate surface area is 124 Å². The number of nitrogens with two attached hydrogens (primary N) is 1. The lowest BCUT2D eigenvalue weighted by Gasteiger charge is -2.30. The van der Waals surface area contributed by atoms with Gasteiger partial charge in [0.25, 0.3) is 5.69 Å². The van der Waals surface area contributed by atoms with Crippen molar-refractivity contribution in [1.29, 1.82) is 0 Å². The molecule has 1 aromatic rings. The molecule has 1 unspecified atom stereocenters. The second-order valence-electron chi connectivity index (χ2n) is 4.63. The van der Waals surface area contributed by atoms with Gasteiger partial charge in [-0.1, -0.05) is 12.1 Å². The SMILES string of the molecule is COCCN(CCOC)C(CN)c1cccc([N+](=O)[O-])c1. The quantitative estimate of drug-likeness (QED) is 0.515. The van der Waals surface area contributed by atoms with Crippen LogP contribution in [0.2, 0.25) is 0 Å². The number of hydrogen-bond acceptors (Lipinski definition) is 6. The number of nitrogens with zero attached hydrogens (tertiary/aromatic N) is 2. The summed E-state index contributed by atoms with van der Waals surface area (Å²) < 4.78 is 10.2. The average molecular weight is 297 g/mol. The molecule has 0 saturated heterocycles. The molecule has 0 heterocycles. The zero-order valence-electron chi connectivity index (χ0n) is 12.5. The van der Waals surface area contributed by atoms with Gasteiger partial charge in [-0.3, -0.25) is 15.0 Å². The summed E-state index contributed by atoms with van der Waals surface area (Å²) in [5.41, 5.74) is 6.79. The molecule has 7 nitrogen and oxygen atoms in total. The van der Waals surface area contributed by atoms with Crippen molar-refractivity contribution in [2.75, 3.05) is 47.1 Å². The summed E-state index contributed by atoms with van der Waals surface area (Å²) >= 11 is 0. The fourth-order valence-electron chi connectivity index (χ4n) is 2.18. The van der Waals surface area contributed by atoms with Crippen LogP contribution in [0.25, 0.3) is 0 Å². The van der Waals surface area contributed by atoms with Gasteiger partial charge in [-0.25, -0.2) is 0 Å². The van der Waals surface area contributed by atoms with Crippen molar-refractivity contribution < 1.29 is 14.4 Å². The standard InChI is InChI=1S/C14H23N3O4/c1-20-8-6-16(7-9-21-2)14(11-15)12-4-3-5-13(10-12)17(18)19/h3-5,10,14H,6-9,11,15H2,1-2H3. The lowest BCUT2D eigenvalue weighted by Crippen LogP contribution is -2.38. The van der Waals surface area contributed by atoms with E-state index in [1.165, 1.54) is 6.07 Å². The van der Waals surface area contributed by atoms with Crippen molar-refractivity contribution >= 4 is 5.69 Å². The minimum absolute atomic E-state index is 0.0735. The number of methoxy groups -OCH3 is 2. The summed E-state index contributed by atoms with van der Waals surface area (Å²) in [7, 11) is 3.28. The van der Waals surface area contributed by atoms with Crippen LogP contribution in [0.3, 0.4) is 0 Å². The zero-order chi connectivity index (χ0) is 15.7. The molecule has 1 aromatic carbocycles. The van der Waals surface area contributed by atoms with Gasteiger partial charge >= 0.3 is 0 Å². The Hall–Kier alpha value is -1.54. The van der Waals surface area contributed by atoms with Gasteiger partial charge in [-0.15, -0.1) is 0 Å². The molecule has 1 atom stereocenters. The third-order valence-electron chi connectivity index (χ3n) is 3.30. The molecule has 0 aliphatic carbocycles. The van der Waals surface area contributed by atoms with Crippen LogP contribution in [0.15, 0.2) is 24.3 Å². The molecular weight excluding hydrogens is 274 g/mol. The van der Waals surface area contributed by atoms with E-state index in [0.717, 1.165) is 5.56 Å². The zero-order valence-corrected chi connectivity index (χ0v) is 12.5. The minimum atomic E-state index is -0.397. The summed E-state index contributed by atoms with van der Waals surface area (Å²) in [6, 6.07) is 6.49. The fraction of sp³-hybridized carbons (Fsp3) is 0.571. The molecule has 0 amide bonds. The average Bonchev–Trinajstić information content (AvgIpc) is 2.50. The minimum Gasteiger partial charge on any atom is -0.383 e. The molecule has 0 saturated carbocycles. The normalized spacial score (nSPS) is 12.6. The summed E-state index contributed by atoms with van der Waals surface area (Å²) in [6.07, 6.45) is 0. The van der Waals surface area contributed by atoms with E-state index in [1.807, 2.05) is 6.07 Å². The number of hydrogen-bond donors (Lipinski definition) is 1. The van der Waals surface area contributed by atoms with E-state index in [0.29, 0.717) is 32.8 Å². The van der Waals surface area contributed by atoms with Crippen LogP contribution in [0.4, 0.5) is 5.69 Å². The monoisotopic (exact) mass is 297 g/mol. The van der Waals surface area contributed by atoms with E-state index >= 15 is 0 Å². The first-order valence-electron chi connectivity index (χ1n) is 6.80. The highest BCUT2D eigenvalue weighted by atomic mass is 16.6. The van der Waals surface area contributed by atoms with E-state index in [9.17, 15) is 10.1 Å². The number of benzene rings is 1. The Bertz CT molecular complexity index is 434. The predicted molar refractivity (Wildman–Crippen MR) is 80.2 cm³/mol. The summed E-state index contributed by atoms with van der Waals surface area (Å²) in [5.74, 6) is 0. The van der Waals surface area contributed by atoms with Crippen LogP contribution in [0.1, 0.15) is 11.6 Å². The summed E-state index contributed by atoms with van der Waals surface area (Å²) in [5, 5.41) is 10.9. The van der Waals surface area contributed by atoms with Gasteiger partial charge in [0.05, 0.1) is 18.1 Å². The first-order valence-corrected chi connectivity index (χ1v) is 6.80. The lowest BCUT2D eigenvalue weighted by atomic mass is 10.0. The van der Waals surface area contributed by atoms with E-state index in [2.05, 4.69) is 4.90 Å². The van der Waals surface area contributed by atoms with Crippen LogP contribution in [0.5, 0.6) is 0 Å². The fourth-order valence-corrected chi connectivity index (χ4v) is 2.18. The van der Waals surface area contributed by atoms with Crippen LogP contribution in [-0.4, -0.2) is 56.9 Å². The van der Waals surface area contributed by atoms with E-state index < -0.39 is 4.92 Å². The maximum absolute atomic E-state index is 10.9. The molecule has 2 N–H and O–H groups in total. The molecule has 0 aliphatic heterocycles. The molecule has 118 valence electrons. The molecule has 0 spiro atoms. The van der Waals surface area contributed by atoms with Crippen molar-refractivity contribution in [3.8, 4) is 0 Å². The Morgan fingerprint density at radius 2 is 1.90 bits per heavy atom. The third kappa shape index (κ3) is 5.39. The highest BCUT2D eigenvalue weighted by Crippen LogP contribution is 2.23. The molecule has 1 rings (SSSR count). The Morgan fingerprint density at radius 1 is 1.29 bits per heavy atom. The Balaban J connectivity index is 2.94. The van der Waals surface area contributed by atoms with Gasteiger partial charge in [0.1, 0.15) is 0 Å². The molecule has 0 bridgehead atoms. The van der Waals surface area contributed by atoms with Crippen LogP contribution in [0, 0.1) is 10.1 Å². The molecule has 0 aliphatic rings. The van der Waals surface area contributed by atoms with Crippen LogP contribution >= 0.6 is 0 Å². The second-order valence-corrected chi connectivity index (χ2v) is 4.63. The van der Waals surface area contributed by atoms with Crippen LogP contribution in [-0.2, 0) is 9.47 Å². The molecule has 0 aromatic heterocycles. The van der Waals surface area contributed by atoms with Gasteiger partial charge in [-0.2, -0.15) is 0 Å². The number of nitro benzene ring substituents is 1. The molecule has 0 radical (unpaired) electrons. The Kier molecular flexibility index (Phi) is 7.84. The second kappa shape index (κ2) is 9.41. The summed E-state index contributed by atoms with van der Waals surface area (Å²) in [6.45, 7) is 2.87. The van der Waals surface area contributed by atoms with Gasteiger partial charge in [0, 0.05) is 52.0 Å². The molecule has 21 heavy (non-hydrogen) atoms. The van der Waals surface area contributed by atoms with Gasteiger partial charge in [-0.05, 0) is 5.56 Å². The number of nitro groups is 1. The number of rotatable bonds is 10. The number of ether oxygens (including phenoxy) is 2. The Morgan fingerprint density at radius 3 is 2.38 bits per heavy atom. The van der Waals surface area contributed by atoms with Crippen molar-refractivity contribution in [2.45, 2.75) is 6.04 Å². The lowest BCUT2D eigenvalue weighted by molar-refractivity contribution is -0.384. The molecular formula is C14H23N3O4. The largest absolute Gasteiger partial charge is 0.383 e. The highest BCUT2D eigenvalue weighted by Gasteiger charge is 2.20. The molecule has 0 fully saturated rings. The van der Waals surface area contributed by atoms with Gasteiger partial charge in [0.2, 0.25) is 0 Å². The van der Waals surface area contributed by atoms with Crippen LogP contribution < -0.4 is 5.73 Å². The van der Waals surface area contributed by atoms with Crippen molar-refractivity contribution in [2.24, 2.45) is 5.73 Å². The van der Waals surface area contributed by atoms with Crippen molar-refractivity contribution in [3.05, 3.63) is 39.9 Å². The maximum Gasteiger partial charge on any atom is 0.269 e. The molecule has 7 heteroatoms. The third-order valence-corrected chi connectivity index (χ3v) is 3.30. The first kappa shape index (κ1) is 17.5. The highest BCUT2D eigenvalue weighted by molar-refractivity contribution is 5.36. The van der Waals surface area contributed by atoms with Crippen molar-refractivity contribution in [3.63, 3.8) is 0 Å².